The van der Waals surface area contributed by atoms with Gasteiger partial charge in [0.15, 0.2) is 0 Å². The smallest absolute Gasteiger partial charge is 0.134 e. The van der Waals surface area contributed by atoms with Crippen LogP contribution in [0.2, 0.25) is 0 Å². The van der Waals surface area contributed by atoms with Gasteiger partial charge in [0.25, 0.3) is 0 Å². The van der Waals surface area contributed by atoms with Gasteiger partial charge in [-0.15, -0.1) is 0 Å². The van der Waals surface area contributed by atoms with Crippen LogP contribution in [0.1, 0.15) is 31.7 Å². The van der Waals surface area contributed by atoms with Crippen molar-refractivity contribution >= 4 is 11.6 Å². The first-order valence-electron chi connectivity index (χ1n) is 7.68. The largest absolute Gasteiger partial charge is 0.373 e. The predicted molar refractivity (Wildman–Crippen MR) is 84.3 cm³/mol. The van der Waals surface area contributed by atoms with Crippen molar-refractivity contribution in [2.45, 2.75) is 32.6 Å². The van der Waals surface area contributed by atoms with Crippen LogP contribution in [-0.2, 0) is 6.42 Å². The van der Waals surface area contributed by atoms with Crippen LogP contribution in [-0.4, -0.2) is 48.6 Å². The molecular weight excluding hydrogens is 250 g/mol. The summed E-state index contributed by atoms with van der Waals surface area (Å²) >= 11 is 0. The lowest BCUT2D eigenvalue weighted by atomic mass is 9.94. The van der Waals surface area contributed by atoms with Crippen LogP contribution < -0.4 is 10.6 Å². The fourth-order valence-corrected chi connectivity index (χ4v) is 2.86. The number of nitrogens with zero attached hydrogens (tertiary/aromatic N) is 3. The van der Waals surface area contributed by atoms with Gasteiger partial charge in [-0.2, -0.15) is 0 Å². The van der Waals surface area contributed by atoms with Crippen molar-refractivity contribution in [2.75, 3.05) is 44.4 Å². The summed E-state index contributed by atoms with van der Waals surface area (Å²) in [7, 11) is 4.12. The Morgan fingerprint density at radius 2 is 1.95 bits per heavy atom. The molecule has 2 N–H and O–H groups in total. The average molecular weight is 277 g/mol. The molecule has 1 fully saturated rings. The predicted octanol–water partition coefficient (Wildman–Crippen LogP) is 2.22. The molecule has 1 aromatic rings. The number of aromatic nitrogens is 2. The standard InChI is InChI=1S/C15H27N5/c1-4-13-14(16-2)18-11-19-15(13)17-8-5-12-6-9-20(3)10-7-12/h11-12H,4-10H2,1-3H3,(H2,16,17,18,19). The second-order valence-corrected chi connectivity index (χ2v) is 5.62. The van der Waals surface area contributed by atoms with Gasteiger partial charge in [0.2, 0.25) is 0 Å². The van der Waals surface area contributed by atoms with Gasteiger partial charge in [0.1, 0.15) is 18.0 Å². The zero-order chi connectivity index (χ0) is 14.4. The number of nitrogens with one attached hydrogen (secondary N) is 2. The van der Waals surface area contributed by atoms with E-state index in [9.17, 15) is 0 Å². The molecule has 2 heterocycles. The Labute approximate surface area is 122 Å². The third kappa shape index (κ3) is 3.82. The van der Waals surface area contributed by atoms with Crippen molar-refractivity contribution in [1.29, 1.82) is 0 Å². The van der Waals surface area contributed by atoms with E-state index >= 15 is 0 Å². The Morgan fingerprint density at radius 1 is 1.25 bits per heavy atom. The van der Waals surface area contributed by atoms with Crippen LogP contribution in [0.4, 0.5) is 11.6 Å². The van der Waals surface area contributed by atoms with E-state index in [1.54, 1.807) is 6.33 Å². The van der Waals surface area contributed by atoms with Crippen LogP contribution in [0.5, 0.6) is 0 Å². The van der Waals surface area contributed by atoms with Crippen LogP contribution >= 0.6 is 0 Å². The molecule has 20 heavy (non-hydrogen) atoms. The summed E-state index contributed by atoms with van der Waals surface area (Å²) < 4.78 is 0. The molecular formula is C15H27N5. The maximum absolute atomic E-state index is 4.38. The fourth-order valence-electron chi connectivity index (χ4n) is 2.86. The van der Waals surface area contributed by atoms with Gasteiger partial charge in [0, 0.05) is 19.2 Å². The van der Waals surface area contributed by atoms with E-state index in [0.717, 1.165) is 30.5 Å². The van der Waals surface area contributed by atoms with Crippen molar-refractivity contribution in [1.82, 2.24) is 14.9 Å². The first-order chi connectivity index (χ1) is 9.74. The molecule has 0 saturated carbocycles. The minimum Gasteiger partial charge on any atom is -0.373 e. The van der Waals surface area contributed by atoms with Gasteiger partial charge < -0.3 is 15.5 Å². The van der Waals surface area contributed by atoms with Gasteiger partial charge in [0.05, 0.1) is 0 Å². The SMILES string of the molecule is CCc1c(NC)ncnc1NCCC1CCN(C)CC1. The Hall–Kier alpha value is -1.36. The highest BCUT2D eigenvalue weighted by atomic mass is 15.1. The maximum Gasteiger partial charge on any atom is 0.134 e. The number of hydrogen-bond acceptors (Lipinski definition) is 5. The zero-order valence-electron chi connectivity index (χ0n) is 12.9. The summed E-state index contributed by atoms with van der Waals surface area (Å²) in [6.45, 7) is 5.62. The van der Waals surface area contributed by atoms with E-state index < -0.39 is 0 Å². The molecule has 1 aliphatic rings. The summed E-state index contributed by atoms with van der Waals surface area (Å²) in [5, 5.41) is 6.63. The van der Waals surface area contributed by atoms with Gasteiger partial charge in [-0.05, 0) is 51.7 Å². The maximum atomic E-state index is 4.38. The summed E-state index contributed by atoms with van der Waals surface area (Å²) in [6.07, 6.45) is 6.45. The molecule has 0 amide bonds. The monoisotopic (exact) mass is 277 g/mol. The van der Waals surface area contributed by atoms with E-state index in [0.29, 0.717) is 0 Å². The van der Waals surface area contributed by atoms with Crippen LogP contribution in [0.25, 0.3) is 0 Å². The lowest BCUT2D eigenvalue weighted by Gasteiger charge is -2.29. The first-order valence-corrected chi connectivity index (χ1v) is 7.68. The fraction of sp³-hybridized carbons (Fsp3) is 0.733. The van der Waals surface area contributed by atoms with Gasteiger partial charge >= 0.3 is 0 Å². The number of rotatable bonds is 6. The molecule has 0 bridgehead atoms. The van der Waals surface area contributed by atoms with Gasteiger partial charge in [-0.25, -0.2) is 9.97 Å². The van der Waals surface area contributed by atoms with E-state index in [-0.39, 0.29) is 0 Å². The molecule has 5 heteroatoms. The highest BCUT2D eigenvalue weighted by Crippen LogP contribution is 2.22. The first kappa shape index (κ1) is 15.0. The Bertz CT molecular complexity index is 413. The number of hydrogen-bond donors (Lipinski definition) is 2. The molecule has 0 radical (unpaired) electrons. The highest BCUT2D eigenvalue weighted by molar-refractivity contribution is 5.56. The van der Waals surface area contributed by atoms with Gasteiger partial charge in [-0.3, -0.25) is 0 Å². The van der Waals surface area contributed by atoms with E-state index in [1.807, 2.05) is 7.05 Å². The van der Waals surface area contributed by atoms with Crippen molar-refractivity contribution in [2.24, 2.45) is 5.92 Å². The normalized spacial score (nSPS) is 17.1. The third-order valence-electron chi connectivity index (χ3n) is 4.22. The molecule has 1 aliphatic heterocycles. The molecule has 2 rings (SSSR count). The van der Waals surface area contributed by atoms with E-state index in [1.165, 1.54) is 37.9 Å². The minimum atomic E-state index is 0.856. The van der Waals surface area contributed by atoms with Gasteiger partial charge in [-0.1, -0.05) is 6.92 Å². The van der Waals surface area contributed by atoms with Crippen LogP contribution in [0.3, 0.4) is 0 Å². The number of likely N-dealkylation sites (tertiary alicyclic amines) is 1. The third-order valence-corrected chi connectivity index (χ3v) is 4.22. The van der Waals surface area contributed by atoms with E-state index in [4.69, 9.17) is 0 Å². The van der Waals surface area contributed by atoms with E-state index in [2.05, 4.69) is 39.5 Å². The molecule has 0 unspecified atom stereocenters. The number of piperidine rings is 1. The summed E-state index contributed by atoms with van der Waals surface area (Å²) in [4.78, 5) is 11.1. The molecule has 1 aromatic heterocycles. The quantitative estimate of drug-likeness (QED) is 0.835. The van der Waals surface area contributed by atoms with Crippen molar-refractivity contribution < 1.29 is 0 Å². The Balaban J connectivity index is 1.85. The Kier molecular flexibility index (Phi) is 5.59. The Morgan fingerprint density at radius 3 is 2.60 bits per heavy atom. The summed E-state index contributed by atoms with van der Waals surface area (Å²) in [5.74, 6) is 2.78. The average Bonchev–Trinajstić information content (AvgIpc) is 2.49. The molecule has 0 aromatic carbocycles. The van der Waals surface area contributed by atoms with Crippen LogP contribution in [0.15, 0.2) is 6.33 Å². The lowest BCUT2D eigenvalue weighted by molar-refractivity contribution is 0.215. The molecule has 0 spiro atoms. The molecule has 0 atom stereocenters. The molecule has 1 saturated heterocycles. The summed E-state index contributed by atoms with van der Waals surface area (Å²) in [6, 6.07) is 0. The highest BCUT2D eigenvalue weighted by Gasteiger charge is 2.16. The second kappa shape index (κ2) is 7.43. The van der Waals surface area contributed by atoms with Crippen molar-refractivity contribution in [3.8, 4) is 0 Å². The summed E-state index contributed by atoms with van der Waals surface area (Å²) in [5.41, 5.74) is 1.18. The second-order valence-electron chi connectivity index (χ2n) is 5.62. The van der Waals surface area contributed by atoms with Crippen molar-refractivity contribution in [3.63, 3.8) is 0 Å². The zero-order valence-corrected chi connectivity index (χ0v) is 12.9. The number of anilines is 2. The molecule has 5 nitrogen and oxygen atoms in total. The van der Waals surface area contributed by atoms with Crippen molar-refractivity contribution in [3.05, 3.63) is 11.9 Å². The lowest BCUT2D eigenvalue weighted by Crippen LogP contribution is -2.30. The van der Waals surface area contributed by atoms with Crippen LogP contribution in [0, 0.1) is 5.92 Å². The molecule has 112 valence electrons. The molecule has 0 aliphatic carbocycles. The minimum absolute atomic E-state index is 0.856. The topological polar surface area (TPSA) is 53.1 Å².